The largest absolute Gasteiger partial charge is 0.286 e. The average molecular weight is 151 g/mol. The van der Waals surface area contributed by atoms with Crippen LogP contribution in [0.2, 0.25) is 0 Å². The molecule has 0 heterocycles. The van der Waals surface area contributed by atoms with Gasteiger partial charge < -0.3 is 0 Å². The molecule has 0 amide bonds. The van der Waals surface area contributed by atoms with Crippen LogP contribution in [0.25, 0.3) is 0 Å². The number of rotatable bonds is 3. The topological polar surface area (TPSA) is 54.4 Å². The van der Waals surface area contributed by atoms with Crippen molar-refractivity contribution in [2.45, 2.75) is 13.3 Å². The van der Waals surface area contributed by atoms with E-state index in [4.69, 9.17) is 4.55 Å². The second-order valence-corrected chi connectivity index (χ2v) is 3.75. The van der Waals surface area contributed by atoms with Crippen molar-refractivity contribution in [3.05, 3.63) is 6.92 Å². The van der Waals surface area contributed by atoms with Gasteiger partial charge in [0.25, 0.3) is 10.1 Å². The van der Waals surface area contributed by atoms with E-state index in [-0.39, 0.29) is 11.7 Å². The van der Waals surface area contributed by atoms with Gasteiger partial charge in [0, 0.05) is 0 Å². The molecule has 3 nitrogen and oxygen atoms in total. The number of hydrogen-bond donors (Lipinski definition) is 1. The molecule has 0 spiro atoms. The zero-order chi connectivity index (χ0) is 7.49. The van der Waals surface area contributed by atoms with Crippen LogP contribution in [0.4, 0.5) is 0 Å². The molecule has 0 aromatic carbocycles. The predicted octanol–water partition coefficient (Wildman–Crippen LogP) is 0.734. The Morgan fingerprint density at radius 3 is 2.22 bits per heavy atom. The molecule has 0 aromatic rings. The summed E-state index contributed by atoms with van der Waals surface area (Å²) in [6.45, 7) is 5.36. The molecular formula is C5H11O3S. The summed E-state index contributed by atoms with van der Waals surface area (Å²) in [5, 5.41) is 0. The smallest absolute Gasteiger partial charge is 0.264 e. The predicted molar refractivity (Wildman–Crippen MR) is 35.6 cm³/mol. The van der Waals surface area contributed by atoms with Gasteiger partial charge in [0.2, 0.25) is 0 Å². The van der Waals surface area contributed by atoms with Crippen molar-refractivity contribution in [3.8, 4) is 0 Å². The van der Waals surface area contributed by atoms with E-state index in [1.807, 2.05) is 0 Å². The molecule has 0 fully saturated rings. The monoisotopic (exact) mass is 151 g/mol. The highest BCUT2D eigenvalue weighted by atomic mass is 32.2. The summed E-state index contributed by atoms with van der Waals surface area (Å²) in [6.07, 6.45) is 0.416. The fourth-order valence-corrected chi connectivity index (χ4v) is 1.05. The van der Waals surface area contributed by atoms with Crippen LogP contribution in [0.15, 0.2) is 0 Å². The van der Waals surface area contributed by atoms with Crippen LogP contribution in [0.3, 0.4) is 0 Å². The third-order valence-corrected chi connectivity index (χ3v) is 1.62. The highest BCUT2D eigenvalue weighted by Crippen LogP contribution is 1.99. The van der Waals surface area contributed by atoms with E-state index in [1.165, 1.54) is 0 Å². The molecule has 1 unspecified atom stereocenters. The van der Waals surface area contributed by atoms with Crippen LogP contribution in [-0.2, 0) is 10.1 Å². The van der Waals surface area contributed by atoms with E-state index in [0.717, 1.165) is 0 Å². The third kappa shape index (κ3) is 7.91. The van der Waals surface area contributed by atoms with Crippen molar-refractivity contribution in [2.75, 3.05) is 5.75 Å². The zero-order valence-corrected chi connectivity index (χ0v) is 6.19. The molecule has 1 radical (unpaired) electrons. The molecule has 0 saturated heterocycles. The SMILES string of the molecule is [CH2]C(C)CCS(=O)(=O)O. The minimum Gasteiger partial charge on any atom is -0.286 e. The Morgan fingerprint density at radius 2 is 2.11 bits per heavy atom. The van der Waals surface area contributed by atoms with Crippen molar-refractivity contribution in [1.82, 2.24) is 0 Å². The Kier molecular flexibility index (Phi) is 3.14. The van der Waals surface area contributed by atoms with E-state index in [0.29, 0.717) is 6.42 Å². The minimum atomic E-state index is -3.76. The molecule has 9 heavy (non-hydrogen) atoms. The van der Waals surface area contributed by atoms with Gasteiger partial charge in [-0.3, -0.25) is 4.55 Å². The van der Waals surface area contributed by atoms with E-state index in [2.05, 4.69) is 6.92 Å². The van der Waals surface area contributed by atoms with Gasteiger partial charge in [0.1, 0.15) is 0 Å². The maximum absolute atomic E-state index is 10.1. The molecule has 1 N–H and O–H groups in total. The van der Waals surface area contributed by atoms with Crippen molar-refractivity contribution < 1.29 is 13.0 Å². The second-order valence-electron chi connectivity index (χ2n) is 2.18. The van der Waals surface area contributed by atoms with Crippen molar-refractivity contribution in [1.29, 1.82) is 0 Å². The molecule has 4 heteroatoms. The van der Waals surface area contributed by atoms with Crippen molar-refractivity contribution in [3.63, 3.8) is 0 Å². The first kappa shape index (κ1) is 8.91. The molecule has 55 valence electrons. The Bertz CT molecular complexity index is 157. The van der Waals surface area contributed by atoms with E-state index >= 15 is 0 Å². The van der Waals surface area contributed by atoms with Crippen LogP contribution >= 0.6 is 0 Å². The Labute approximate surface area is 55.8 Å². The van der Waals surface area contributed by atoms with Crippen LogP contribution in [0.1, 0.15) is 13.3 Å². The lowest BCUT2D eigenvalue weighted by Gasteiger charge is -1.99. The van der Waals surface area contributed by atoms with E-state index in [1.54, 1.807) is 6.92 Å². The van der Waals surface area contributed by atoms with Crippen molar-refractivity contribution in [2.24, 2.45) is 5.92 Å². The maximum Gasteiger partial charge on any atom is 0.264 e. The van der Waals surface area contributed by atoms with Crippen LogP contribution in [-0.4, -0.2) is 18.7 Å². The van der Waals surface area contributed by atoms with Crippen LogP contribution in [0.5, 0.6) is 0 Å². The van der Waals surface area contributed by atoms with Gasteiger partial charge in [-0.2, -0.15) is 8.42 Å². The maximum atomic E-state index is 10.1. The molecular weight excluding hydrogens is 140 g/mol. The summed E-state index contributed by atoms with van der Waals surface area (Å²) in [4.78, 5) is 0. The summed E-state index contributed by atoms with van der Waals surface area (Å²) in [7, 11) is -3.76. The van der Waals surface area contributed by atoms with Gasteiger partial charge in [-0.05, 0) is 12.3 Å². The fraction of sp³-hybridized carbons (Fsp3) is 0.800. The highest BCUT2D eigenvalue weighted by Gasteiger charge is 2.04. The molecule has 1 atom stereocenters. The molecule has 0 rings (SSSR count). The minimum absolute atomic E-state index is 0.0759. The first-order valence-electron chi connectivity index (χ1n) is 2.70. The standard InChI is InChI=1S/C5H11O3S/c1-5(2)3-4-9(6,7)8/h5H,1,3-4H2,2H3,(H,6,7,8). The van der Waals surface area contributed by atoms with Gasteiger partial charge in [0.15, 0.2) is 0 Å². The van der Waals surface area contributed by atoms with Crippen molar-refractivity contribution >= 4 is 10.1 Å². The Morgan fingerprint density at radius 1 is 1.67 bits per heavy atom. The summed E-state index contributed by atoms with van der Waals surface area (Å²) in [5.74, 6) is -0.107. The van der Waals surface area contributed by atoms with Crippen LogP contribution in [0, 0.1) is 12.8 Å². The molecule has 0 aliphatic heterocycles. The van der Waals surface area contributed by atoms with E-state index < -0.39 is 10.1 Å². The summed E-state index contributed by atoms with van der Waals surface area (Å²) in [5.41, 5.74) is 0. The lowest BCUT2D eigenvalue weighted by atomic mass is 10.2. The normalized spacial score (nSPS) is 12.4. The fourth-order valence-electron chi connectivity index (χ4n) is 0.350. The first-order chi connectivity index (χ1) is 3.92. The average Bonchev–Trinajstić information content (AvgIpc) is 1.59. The molecule has 0 aliphatic carbocycles. The Balaban J connectivity index is 3.53. The molecule has 0 aliphatic rings. The van der Waals surface area contributed by atoms with Gasteiger partial charge in [0.05, 0.1) is 5.75 Å². The lowest BCUT2D eigenvalue weighted by Crippen LogP contribution is -2.06. The molecule has 0 bridgehead atoms. The summed E-state index contributed by atoms with van der Waals surface area (Å²) < 4.78 is 28.3. The van der Waals surface area contributed by atoms with E-state index in [9.17, 15) is 8.42 Å². The zero-order valence-electron chi connectivity index (χ0n) is 5.37. The first-order valence-corrected chi connectivity index (χ1v) is 4.31. The number of hydrogen-bond acceptors (Lipinski definition) is 2. The van der Waals surface area contributed by atoms with Gasteiger partial charge in [-0.1, -0.05) is 13.8 Å². The highest BCUT2D eigenvalue weighted by molar-refractivity contribution is 7.85. The van der Waals surface area contributed by atoms with Crippen LogP contribution < -0.4 is 0 Å². The van der Waals surface area contributed by atoms with Gasteiger partial charge in [-0.15, -0.1) is 0 Å². The summed E-state index contributed by atoms with van der Waals surface area (Å²) >= 11 is 0. The molecule has 0 aromatic heterocycles. The van der Waals surface area contributed by atoms with Gasteiger partial charge in [-0.25, -0.2) is 0 Å². The second kappa shape index (κ2) is 3.17. The van der Waals surface area contributed by atoms with Gasteiger partial charge >= 0.3 is 0 Å². The quantitative estimate of drug-likeness (QED) is 0.605. The lowest BCUT2D eigenvalue weighted by molar-refractivity contribution is 0.477. The third-order valence-electron chi connectivity index (χ3n) is 0.869. The molecule has 0 saturated carbocycles. The summed E-state index contributed by atoms with van der Waals surface area (Å²) in [6, 6.07) is 0. The Hall–Kier alpha value is -0.0900.